The highest BCUT2D eigenvalue weighted by Crippen LogP contribution is 2.44. The zero-order chi connectivity index (χ0) is 28.1. The predicted octanol–water partition coefficient (Wildman–Crippen LogP) is 7.51. The number of thioether (sulfide) groups is 2. The smallest absolute Gasteiger partial charge is 0.234 e. The Morgan fingerprint density at radius 1 is 0.806 bits per heavy atom. The van der Waals surface area contributed by atoms with E-state index in [-0.39, 0.29) is 39.3 Å². The second-order valence-corrected chi connectivity index (χ2v) is 17.5. The summed E-state index contributed by atoms with van der Waals surface area (Å²) < 4.78 is -0.796. The largest absolute Gasteiger partial charge is 0.286 e. The van der Waals surface area contributed by atoms with E-state index in [1.54, 1.807) is 0 Å². The summed E-state index contributed by atoms with van der Waals surface area (Å²) in [6.07, 6.45) is 5.33. The summed E-state index contributed by atoms with van der Waals surface area (Å²) in [5, 5.41) is -0.570. The third-order valence-electron chi connectivity index (χ3n) is 6.09. The summed E-state index contributed by atoms with van der Waals surface area (Å²) in [6, 6.07) is 0. The van der Waals surface area contributed by atoms with Crippen LogP contribution in [0.15, 0.2) is 0 Å². The molecule has 1 aliphatic heterocycles. The Bertz CT molecular complexity index is 763. The summed E-state index contributed by atoms with van der Waals surface area (Å²) in [6.45, 7) is 23.3. The number of amides is 2. The van der Waals surface area contributed by atoms with E-state index in [2.05, 4.69) is 48.5 Å². The fourth-order valence-corrected chi connectivity index (χ4v) is 8.59. The van der Waals surface area contributed by atoms with Gasteiger partial charge in [0.25, 0.3) is 0 Å². The molecule has 1 aliphatic rings. The highest BCUT2D eigenvalue weighted by atomic mass is 32.2. The van der Waals surface area contributed by atoms with Gasteiger partial charge < -0.3 is 0 Å². The molecular weight excluding hydrogens is 490 g/mol. The highest BCUT2D eigenvalue weighted by molar-refractivity contribution is 8.16. The van der Waals surface area contributed by atoms with Crippen LogP contribution in [0.1, 0.15) is 121 Å². The number of carbonyl (C=O) groups excluding carboxylic acids is 4. The first-order chi connectivity index (χ1) is 16.2. The number of carbonyl (C=O) groups is 4. The lowest BCUT2D eigenvalue weighted by Crippen LogP contribution is -2.39. The van der Waals surface area contributed by atoms with Crippen LogP contribution in [0.3, 0.4) is 0 Å². The van der Waals surface area contributed by atoms with Crippen molar-refractivity contribution in [3.63, 3.8) is 0 Å². The van der Waals surface area contributed by atoms with Crippen molar-refractivity contribution in [2.75, 3.05) is 6.54 Å². The minimum atomic E-state index is -1.12. The van der Waals surface area contributed by atoms with Gasteiger partial charge in [0, 0.05) is 22.5 Å². The Morgan fingerprint density at radius 2 is 1.25 bits per heavy atom. The van der Waals surface area contributed by atoms with Crippen molar-refractivity contribution in [2.45, 2.75) is 131 Å². The number of unbranched alkanes of at least 4 members (excludes halogenated alkanes) is 3. The molecule has 1 atom stereocenters. The van der Waals surface area contributed by atoms with Crippen LogP contribution in [0.4, 0.5) is 0 Å². The van der Waals surface area contributed by atoms with Crippen molar-refractivity contribution < 1.29 is 19.2 Å². The van der Waals surface area contributed by atoms with Crippen molar-refractivity contribution in [1.82, 2.24) is 4.90 Å². The van der Waals surface area contributed by atoms with E-state index in [9.17, 15) is 19.2 Å². The van der Waals surface area contributed by atoms with E-state index >= 15 is 0 Å². The second kappa shape index (κ2) is 12.8. The van der Waals surface area contributed by atoms with Gasteiger partial charge in [-0.2, -0.15) is 0 Å². The molecule has 0 radical (unpaired) electrons. The van der Waals surface area contributed by atoms with Crippen molar-refractivity contribution in [3.8, 4) is 0 Å². The fourth-order valence-electron chi connectivity index (χ4n) is 5.62. The molecule has 0 aliphatic carbocycles. The monoisotopic (exact) mass is 541 g/mol. The number of hydrogen-bond donors (Lipinski definition) is 0. The van der Waals surface area contributed by atoms with Crippen LogP contribution in [0.5, 0.6) is 0 Å². The molecule has 0 aromatic carbocycles. The first-order valence-corrected chi connectivity index (χ1v) is 15.1. The lowest BCUT2D eigenvalue weighted by molar-refractivity contribution is -0.142. The maximum Gasteiger partial charge on any atom is 0.234 e. The molecule has 2 amide bonds. The molecule has 5 nitrogen and oxygen atoms in total. The van der Waals surface area contributed by atoms with Gasteiger partial charge in [0.15, 0.2) is 0 Å². The zero-order valence-electron chi connectivity index (χ0n) is 24.7. The molecule has 0 unspecified atom stereocenters. The Hall–Kier alpha value is -0.820. The van der Waals surface area contributed by atoms with Gasteiger partial charge in [0.1, 0.15) is 5.92 Å². The molecule has 7 heteroatoms. The molecule has 0 N–H and O–H groups in total. The van der Waals surface area contributed by atoms with E-state index in [0.29, 0.717) is 6.54 Å². The SMILES string of the molecule is CCCCCCN1C(=O)C[C@@H](C(C(=O)SC(C)(C)CC(C)(C)C)C(=O)SC(C)(C)CC(C)(C)C)C1=O. The van der Waals surface area contributed by atoms with Gasteiger partial charge >= 0.3 is 0 Å². The van der Waals surface area contributed by atoms with Crippen LogP contribution >= 0.6 is 23.5 Å². The molecule has 0 saturated carbocycles. The van der Waals surface area contributed by atoms with Crippen LogP contribution in [0.25, 0.3) is 0 Å². The van der Waals surface area contributed by atoms with Crippen LogP contribution in [-0.2, 0) is 19.2 Å². The Morgan fingerprint density at radius 3 is 1.64 bits per heavy atom. The number of hydrogen-bond acceptors (Lipinski definition) is 6. The molecule has 1 heterocycles. The van der Waals surface area contributed by atoms with Crippen molar-refractivity contribution >= 4 is 45.6 Å². The number of nitrogens with zero attached hydrogens (tertiary/aromatic N) is 1. The summed E-state index contributed by atoms with van der Waals surface area (Å²) in [5.41, 5.74) is 0.0162. The molecule has 1 saturated heterocycles. The molecule has 36 heavy (non-hydrogen) atoms. The van der Waals surface area contributed by atoms with Crippen molar-refractivity contribution in [1.29, 1.82) is 0 Å². The van der Waals surface area contributed by atoms with Crippen LogP contribution in [-0.4, -0.2) is 43.0 Å². The minimum absolute atomic E-state index is 0.00810. The lowest BCUT2D eigenvalue weighted by Gasteiger charge is -2.34. The lowest BCUT2D eigenvalue weighted by atomic mass is 9.86. The second-order valence-electron chi connectivity index (χ2n) is 14.1. The van der Waals surface area contributed by atoms with Crippen LogP contribution in [0.2, 0.25) is 0 Å². The van der Waals surface area contributed by atoms with Crippen molar-refractivity contribution in [3.05, 3.63) is 0 Å². The maximum atomic E-state index is 13.7. The molecule has 0 spiro atoms. The van der Waals surface area contributed by atoms with Gasteiger partial charge in [0.05, 0.1) is 5.92 Å². The molecule has 208 valence electrons. The average Bonchev–Trinajstić information content (AvgIpc) is 2.87. The third-order valence-corrected chi connectivity index (χ3v) is 8.39. The first-order valence-electron chi connectivity index (χ1n) is 13.5. The molecule has 0 aromatic rings. The fraction of sp³-hybridized carbons (Fsp3) is 0.862. The number of rotatable bonds is 12. The number of imide groups is 1. The van der Waals surface area contributed by atoms with Gasteiger partial charge in [-0.25, -0.2) is 0 Å². The van der Waals surface area contributed by atoms with E-state index in [1.807, 2.05) is 27.7 Å². The average molecular weight is 542 g/mol. The normalized spacial score (nSPS) is 17.9. The maximum absolute atomic E-state index is 13.7. The van der Waals surface area contributed by atoms with E-state index < -0.39 is 21.3 Å². The van der Waals surface area contributed by atoms with Crippen LogP contribution in [0, 0.1) is 22.7 Å². The van der Waals surface area contributed by atoms with Gasteiger partial charge in [-0.1, -0.05) is 119 Å². The Kier molecular flexibility index (Phi) is 11.8. The van der Waals surface area contributed by atoms with E-state index in [4.69, 9.17) is 0 Å². The first kappa shape index (κ1) is 33.2. The number of likely N-dealkylation sites (tertiary alicyclic amines) is 1. The standard InChI is InChI=1S/C29H51NO4S2/c1-12-13-14-15-16-30-21(31)17-20(23(30)32)22(24(33)35-28(8,9)18-26(2,3)4)25(34)36-29(10,11)19-27(5,6)7/h20,22H,12-19H2,1-11H3/t20-/m0/s1. The van der Waals surface area contributed by atoms with Gasteiger partial charge in [-0.05, 0) is 30.1 Å². The Balaban J connectivity index is 3.23. The zero-order valence-corrected chi connectivity index (χ0v) is 26.3. The summed E-state index contributed by atoms with van der Waals surface area (Å²) in [5.74, 6) is -2.63. The van der Waals surface area contributed by atoms with Crippen LogP contribution < -0.4 is 0 Å². The summed E-state index contributed by atoms with van der Waals surface area (Å²) in [7, 11) is 0. The van der Waals surface area contributed by atoms with Gasteiger partial charge in [0.2, 0.25) is 22.0 Å². The summed E-state index contributed by atoms with van der Waals surface area (Å²) in [4.78, 5) is 55.0. The predicted molar refractivity (Wildman–Crippen MR) is 154 cm³/mol. The highest BCUT2D eigenvalue weighted by Gasteiger charge is 2.50. The molecule has 0 aromatic heterocycles. The molecule has 1 rings (SSSR count). The Labute approximate surface area is 229 Å². The molecular formula is C29H51NO4S2. The van der Waals surface area contributed by atoms with Gasteiger partial charge in [-0.15, -0.1) is 0 Å². The molecule has 1 fully saturated rings. The van der Waals surface area contributed by atoms with E-state index in [0.717, 1.165) is 38.5 Å². The van der Waals surface area contributed by atoms with Gasteiger partial charge in [-0.3, -0.25) is 24.1 Å². The topological polar surface area (TPSA) is 71.5 Å². The minimum Gasteiger partial charge on any atom is -0.286 e. The van der Waals surface area contributed by atoms with Crippen molar-refractivity contribution in [2.24, 2.45) is 22.7 Å². The van der Waals surface area contributed by atoms with E-state index in [1.165, 1.54) is 28.4 Å². The summed E-state index contributed by atoms with van der Waals surface area (Å²) >= 11 is 2.33. The third kappa shape index (κ3) is 11.3. The quantitative estimate of drug-likeness (QED) is 0.145. The molecule has 0 bridgehead atoms.